The van der Waals surface area contributed by atoms with Gasteiger partial charge in [0.25, 0.3) is 0 Å². The van der Waals surface area contributed by atoms with Crippen molar-refractivity contribution in [2.75, 3.05) is 0 Å². The van der Waals surface area contributed by atoms with Crippen LogP contribution in [0.1, 0.15) is 180 Å². The van der Waals surface area contributed by atoms with Crippen LogP contribution in [-0.2, 0) is 49.4 Å². The van der Waals surface area contributed by atoms with Gasteiger partial charge in [-0.3, -0.25) is 0 Å². The minimum absolute atomic E-state index is 0.100. The predicted octanol–water partition coefficient (Wildman–Crippen LogP) is 9.42. The van der Waals surface area contributed by atoms with E-state index in [1.165, 1.54) is 0 Å². The van der Waals surface area contributed by atoms with E-state index >= 15 is 0 Å². The first-order valence-electron chi connectivity index (χ1n) is 23.1. The van der Waals surface area contributed by atoms with E-state index in [-0.39, 0.29) is 38.8 Å². The van der Waals surface area contributed by atoms with Crippen LogP contribution in [0.3, 0.4) is 0 Å². The second-order valence-electron chi connectivity index (χ2n) is 19.6. The van der Waals surface area contributed by atoms with E-state index in [1.807, 2.05) is 0 Å². The summed E-state index contributed by atoms with van der Waals surface area (Å²) in [5.41, 5.74) is 0.706. The largest absolute Gasteiger partial charge is 0.553 e. The molecule has 1 radical (unpaired) electrons. The lowest BCUT2D eigenvalue weighted by Gasteiger charge is -2.65. The lowest BCUT2D eigenvalue weighted by molar-refractivity contribution is -0.0385. The van der Waals surface area contributed by atoms with Gasteiger partial charge in [0.1, 0.15) is 0 Å². The molecule has 12 nitrogen and oxygen atoms in total. The Morgan fingerprint density at radius 2 is 0.364 bits per heavy atom. The molecule has 13 aliphatic rings. The molecule has 13 fully saturated rings. The van der Waals surface area contributed by atoms with Gasteiger partial charge in [-0.05, 0) is 89.9 Å². The summed E-state index contributed by atoms with van der Waals surface area (Å²) >= 11 is 0. The molecule has 0 aromatic rings. The lowest BCUT2D eigenvalue weighted by Crippen LogP contribution is -2.89. The van der Waals surface area contributed by atoms with Crippen molar-refractivity contribution < 1.29 is 49.4 Å². The summed E-state index contributed by atoms with van der Waals surface area (Å²) in [6, 6.07) is 0. The van der Waals surface area contributed by atoms with Gasteiger partial charge in [0.05, 0.1) is 0 Å². The predicted molar refractivity (Wildman–Crippen MR) is 215 cm³/mol. The minimum atomic E-state index is -3.81. The zero-order valence-corrected chi connectivity index (χ0v) is 40.7. The van der Waals surface area contributed by atoms with E-state index in [0.29, 0.717) is 0 Å². The summed E-state index contributed by atoms with van der Waals surface area (Å²) in [5.74, 6) is 0. The van der Waals surface area contributed by atoms with Gasteiger partial charge in [-0.25, -0.2) is 0 Å². The van der Waals surface area contributed by atoms with Gasteiger partial charge in [-0.1, -0.05) is 89.9 Å². The second-order valence-corrected chi connectivity index (χ2v) is 44.0. The molecule has 0 spiro atoms. The molecule has 55 heavy (non-hydrogen) atoms. The Balaban J connectivity index is 1.16. The van der Waals surface area contributed by atoms with Gasteiger partial charge in [0.2, 0.25) is 0 Å². The van der Waals surface area contributed by atoms with Crippen molar-refractivity contribution in [2.45, 2.75) is 219 Å². The summed E-state index contributed by atoms with van der Waals surface area (Å²) in [4.78, 5) is 0. The summed E-state index contributed by atoms with van der Waals surface area (Å²) in [6.07, 6.45) is 29.8. The van der Waals surface area contributed by atoms with Crippen LogP contribution in [0, 0.1) is 0 Å². The Kier molecular flexibility index (Phi) is 9.76. The molecule has 6 heterocycles. The van der Waals surface area contributed by atoms with Gasteiger partial charge in [0.15, 0.2) is 0 Å². The van der Waals surface area contributed by atoms with Crippen LogP contribution in [-0.4, -0.2) is 71.2 Å². The fraction of sp³-hybridized carbons (Fsp3) is 1.00. The SMILES string of the molecule is C1CCC([Si]23O[Si]4O[Si]5(C6CCCC6)O[Si](C6CCCC6)(O2)O[Si]2(C6CCCC6)O[Si](C6CCCC6)(O3)O[Si](C3CCCC3)(O4)O[Si](C3CCCC3)(O5)O2)C1. The average Bonchev–Trinajstić information content (AvgIpc) is 4.01. The minimum Gasteiger partial charge on any atom is -0.373 e. The Hall–Kier alpha value is 1.26. The van der Waals surface area contributed by atoms with Crippen LogP contribution in [0.2, 0.25) is 38.8 Å². The standard InChI is InChI=1S/C35H63O12Si8/c1-2-16-29(15-1)49-36-48-37-50(30-17-3-4-18-30)41-52(39-49,32-21-7-8-22-32)45-55(35-27-13-14-28-35)46-53(40-49,33-23-9-10-24-33)42-51(38-48,31-19-5-6-20-31)44-54(43-50,47-55)34-25-11-12-26-34/h29-35H,1-28H2. The number of hydrogen-bond acceptors (Lipinski definition) is 12. The molecular weight excluding hydrogens is 837 g/mol. The highest BCUT2D eigenvalue weighted by Gasteiger charge is 2.86. The van der Waals surface area contributed by atoms with E-state index < -0.39 is 71.2 Å². The Morgan fingerprint density at radius 1 is 0.218 bits per heavy atom. The Morgan fingerprint density at radius 3 is 0.545 bits per heavy atom. The van der Waals surface area contributed by atoms with Crippen LogP contribution in [0.4, 0.5) is 0 Å². The van der Waals surface area contributed by atoms with E-state index in [1.54, 1.807) is 0 Å². The molecule has 0 aromatic carbocycles. The summed E-state index contributed by atoms with van der Waals surface area (Å²) in [7, 11) is -29.0. The molecule has 8 bridgehead atoms. The van der Waals surface area contributed by atoms with Crippen molar-refractivity contribution >= 4 is 71.2 Å². The second kappa shape index (κ2) is 14.1. The Bertz CT molecular complexity index is 1270. The molecular formula is C35H63O12Si8. The first kappa shape index (κ1) is 38.0. The molecule has 13 rings (SSSR count). The van der Waals surface area contributed by atoms with Gasteiger partial charge in [-0.15, -0.1) is 0 Å². The summed E-state index contributed by atoms with van der Waals surface area (Å²) in [6.45, 7) is 0. The van der Waals surface area contributed by atoms with Gasteiger partial charge < -0.3 is 49.4 Å². The first-order valence-corrected chi connectivity index (χ1v) is 37.0. The molecule has 6 aliphatic heterocycles. The quantitative estimate of drug-likeness (QED) is 0.227. The zero-order chi connectivity index (χ0) is 36.4. The van der Waals surface area contributed by atoms with Gasteiger partial charge in [0, 0.05) is 38.8 Å². The maximum absolute atomic E-state index is 8.33. The number of hydrogen-bond donors (Lipinski definition) is 0. The molecule has 7 saturated carbocycles. The van der Waals surface area contributed by atoms with Crippen LogP contribution < -0.4 is 0 Å². The Labute approximate surface area is 337 Å². The average molecular weight is 901 g/mol. The van der Waals surface area contributed by atoms with E-state index in [0.717, 1.165) is 180 Å². The van der Waals surface area contributed by atoms with Gasteiger partial charge in [-0.2, -0.15) is 0 Å². The maximum Gasteiger partial charge on any atom is 0.553 e. The highest BCUT2D eigenvalue weighted by molar-refractivity contribution is 7.03. The van der Waals surface area contributed by atoms with Crippen molar-refractivity contribution in [2.24, 2.45) is 0 Å². The fourth-order valence-electron chi connectivity index (χ4n) is 13.3. The molecule has 0 atom stereocenters. The summed E-state index contributed by atoms with van der Waals surface area (Å²) < 4.78 is 97.5. The topological polar surface area (TPSA) is 111 Å². The highest BCUT2D eigenvalue weighted by atomic mass is 28.6. The molecule has 307 valence electrons. The van der Waals surface area contributed by atoms with Crippen molar-refractivity contribution in [3.8, 4) is 0 Å². The monoisotopic (exact) mass is 899 g/mol. The smallest absolute Gasteiger partial charge is 0.373 e. The number of rotatable bonds is 7. The summed E-state index contributed by atoms with van der Waals surface area (Å²) in [5, 5.41) is 0. The van der Waals surface area contributed by atoms with Gasteiger partial charge >= 0.3 is 71.2 Å². The van der Waals surface area contributed by atoms with E-state index in [2.05, 4.69) is 0 Å². The van der Waals surface area contributed by atoms with Crippen molar-refractivity contribution in [1.82, 2.24) is 0 Å². The third-order valence-electron chi connectivity index (χ3n) is 16.2. The fourth-order valence-corrected chi connectivity index (χ4v) is 65.2. The van der Waals surface area contributed by atoms with Crippen molar-refractivity contribution in [3.05, 3.63) is 0 Å². The van der Waals surface area contributed by atoms with Crippen LogP contribution in [0.5, 0.6) is 0 Å². The third-order valence-corrected chi connectivity index (χ3v) is 53.2. The highest BCUT2D eigenvalue weighted by Crippen LogP contribution is 2.65. The van der Waals surface area contributed by atoms with Crippen molar-refractivity contribution in [3.63, 3.8) is 0 Å². The molecule has 0 amide bonds. The van der Waals surface area contributed by atoms with Crippen LogP contribution in [0.25, 0.3) is 0 Å². The van der Waals surface area contributed by atoms with E-state index in [9.17, 15) is 0 Å². The molecule has 0 N–H and O–H groups in total. The molecule has 7 aliphatic carbocycles. The normalized spacial score (nSPS) is 49.7. The van der Waals surface area contributed by atoms with E-state index in [4.69, 9.17) is 49.4 Å². The lowest BCUT2D eigenvalue weighted by atomic mass is 10.4. The molecule has 6 saturated heterocycles. The zero-order valence-electron chi connectivity index (χ0n) is 32.7. The van der Waals surface area contributed by atoms with Crippen molar-refractivity contribution in [1.29, 1.82) is 0 Å². The third kappa shape index (κ3) is 6.03. The van der Waals surface area contributed by atoms with Crippen LogP contribution >= 0.6 is 0 Å². The first-order chi connectivity index (χ1) is 26.9. The molecule has 20 heteroatoms. The maximum atomic E-state index is 8.33. The molecule has 0 unspecified atom stereocenters. The molecule has 0 aromatic heterocycles. The van der Waals surface area contributed by atoms with Crippen LogP contribution in [0.15, 0.2) is 0 Å².